The van der Waals surface area contributed by atoms with Crippen LogP contribution in [-0.4, -0.2) is 10.9 Å². The van der Waals surface area contributed by atoms with Gasteiger partial charge in [0.25, 0.3) is 0 Å². The summed E-state index contributed by atoms with van der Waals surface area (Å²) in [7, 11) is 0. The largest absolute Gasteiger partial charge is 0.352 e. The fraction of sp³-hybridized carbons (Fsp3) is 0.250. The smallest absolute Gasteiger partial charge is 0.224 e. The van der Waals surface area contributed by atoms with Gasteiger partial charge in [-0.25, -0.2) is 0 Å². The number of carbonyl (C=O) groups excluding carboxylic acids is 1. The molecule has 1 amide bonds. The van der Waals surface area contributed by atoms with E-state index in [0.29, 0.717) is 6.54 Å². The summed E-state index contributed by atoms with van der Waals surface area (Å²) in [4.78, 5) is 17.1. The summed E-state index contributed by atoms with van der Waals surface area (Å²) in [5.74, 6) is 0.0691. The average molecular weight is 356 g/mol. The van der Waals surface area contributed by atoms with Crippen LogP contribution in [0, 0.1) is 19.8 Å². The van der Waals surface area contributed by atoms with Crippen molar-refractivity contribution in [1.29, 1.82) is 0 Å². The van der Waals surface area contributed by atoms with Crippen molar-refractivity contribution in [3.05, 3.63) is 101 Å². The van der Waals surface area contributed by atoms with Crippen molar-refractivity contribution < 1.29 is 4.79 Å². The normalized spacial score (nSPS) is 17.3. The van der Waals surface area contributed by atoms with Crippen molar-refractivity contribution in [3.8, 4) is 0 Å². The first-order valence-corrected chi connectivity index (χ1v) is 9.40. The van der Waals surface area contributed by atoms with Gasteiger partial charge in [-0.2, -0.15) is 0 Å². The molecular weight excluding hydrogens is 332 g/mol. The Morgan fingerprint density at radius 3 is 2.26 bits per heavy atom. The highest BCUT2D eigenvalue weighted by Crippen LogP contribution is 2.59. The van der Waals surface area contributed by atoms with Gasteiger partial charge in [0.2, 0.25) is 5.91 Å². The van der Waals surface area contributed by atoms with Gasteiger partial charge in [-0.3, -0.25) is 9.78 Å². The standard InChI is InChI=1S/C24H24N2O/c1-17-6-3-9-20(12-17)24(21-10-4-7-18(2)13-21)14-22(24)23(27)26-16-19-8-5-11-25-15-19/h3-13,15,22H,14,16H2,1-2H3,(H,26,27)/t22-/m1/s1. The van der Waals surface area contributed by atoms with Gasteiger partial charge in [0.1, 0.15) is 0 Å². The van der Waals surface area contributed by atoms with E-state index >= 15 is 0 Å². The fourth-order valence-electron chi connectivity index (χ4n) is 4.04. The van der Waals surface area contributed by atoms with E-state index in [2.05, 4.69) is 72.7 Å². The van der Waals surface area contributed by atoms with E-state index in [9.17, 15) is 4.79 Å². The van der Waals surface area contributed by atoms with E-state index in [1.54, 1.807) is 12.4 Å². The van der Waals surface area contributed by atoms with E-state index < -0.39 is 0 Å². The molecule has 0 bridgehead atoms. The summed E-state index contributed by atoms with van der Waals surface area (Å²) in [6.07, 6.45) is 4.38. The molecule has 1 aromatic heterocycles. The highest BCUT2D eigenvalue weighted by molar-refractivity contribution is 5.86. The molecule has 1 N–H and O–H groups in total. The van der Waals surface area contributed by atoms with Crippen molar-refractivity contribution in [3.63, 3.8) is 0 Å². The number of nitrogens with zero attached hydrogens (tertiary/aromatic N) is 1. The number of amides is 1. The zero-order valence-corrected chi connectivity index (χ0v) is 15.8. The Labute approximate surface area is 160 Å². The molecule has 0 saturated heterocycles. The van der Waals surface area contributed by atoms with Crippen molar-refractivity contribution >= 4 is 5.91 Å². The lowest BCUT2D eigenvalue weighted by Crippen LogP contribution is -2.28. The highest BCUT2D eigenvalue weighted by atomic mass is 16.2. The number of nitrogens with one attached hydrogen (secondary N) is 1. The molecule has 2 aromatic carbocycles. The van der Waals surface area contributed by atoms with Gasteiger partial charge in [-0.15, -0.1) is 0 Å². The lowest BCUT2D eigenvalue weighted by atomic mass is 9.84. The summed E-state index contributed by atoms with van der Waals surface area (Å²) in [5.41, 5.74) is 5.70. The van der Waals surface area contributed by atoms with E-state index in [4.69, 9.17) is 0 Å². The van der Waals surface area contributed by atoms with Gasteiger partial charge in [0.05, 0.1) is 5.92 Å². The molecule has 1 aliphatic rings. The molecule has 1 fully saturated rings. The van der Waals surface area contributed by atoms with Gasteiger partial charge in [-0.1, -0.05) is 65.7 Å². The molecule has 1 atom stereocenters. The van der Waals surface area contributed by atoms with Crippen molar-refractivity contribution in [1.82, 2.24) is 10.3 Å². The van der Waals surface area contributed by atoms with Crippen molar-refractivity contribution in [2.24, 2.45) is 5.92 Å². The second-order valence-corrected chi connectivity index (χ2v) is 7.55. The summed E-state index contributed by atoms with van der Waals surface area (Å²) >= 11 is 0. The van der Waals surface area contributed by atoms with Crippen LogP contribution < -0.4 is 5.32 Å². The van der Waals surface area contributed by atoms with Crippen LogP contribution in [0.15, 0.2) is 73.1 Å². The second kappa shape index (κ2) is 6.99. The number of rotatable bonds is 5. The van der Waals surface area contributed by atoms with Gasteiger partial charge in [0.15, 0.2) is 0 Å². The summed E-state index contributed by atoms with van der Waals surface area (Å²) < 4.78 is 0. The van der Waals surface area contributed by atoms with E-state index in [-0.39, 0.29) is 17.2 Å². The Hall–Kier alpha value is -2.94. The van der Waals surface area contributed by atoms with Crippen LogP contribution in [0.5, 0.6) is 0 Å². The predicted molar refractivity (Wildman–Crippen MR) is 107 cm³/mol. The van der Waals surface area contributed by atoms with Crippen LogP contribution >= 0.6 is 0 Å². The molecule has 0 radical (unpaired) electrons. The fourth-order valence-corrected chi connectivity index (χ4v) is 4.04. The average Bonchev–Trinajstić information content (AvgIpc) is 3.44. The van der Waals surface area contributed by atoms with Crippen LogP contribution in [0.4, 0.5) is 0 Å². The van der Waals surface area contributed by atoms with Crippen LogP contribution in [0.3, 0.4) is 0 Å². The minimum Gasteiger partial charge on any atom is -0.352 e. The Bertz CT molecular complexity index is 919. The Balaban J connectivity index is 1.62. The van der Waals surface area contributed by atoms with E-state index in [1.807, 2.05) is 12.1 Å². The maximum atomic E-state index is 13.0. The number of aromatic nitrogens is 1. The Morgan fingerprint density at radius 1 is 1.04 bits per heavy atom. The molecule has 1 aliphatic carbocycles. The van der Waals surface area contributed by atoms with E-state index in [1.165, 1.54) is 22.3 Å². The molecule has 0 spiro atoms. The van der Waals surface area contributed by atoms with Crippen LogP contribution in [-0.2, 0) is 16.8 Å². The summed E-state index contributed by atoms with van der Waals surface area (Å²) in [5, 5.41) is 3.11. The SMILES string of the molecule is Cc1cccc(C2(c3cccc(C)c3)C[C@@H]2C(=O)NCc2cccnc2)c1. The number of carbonyl (C=O) groups is 1. The van der Waals surface area contributed by atoms with Crippen LogP contribution in [0.2, 0.25) is 0 Å². The lowest BCUT2D eigenvalue weighted by Gasteiger charge is -2.20. The third-order valence-electron chi connectivity index (χ3n) is 5.53. The molecule has 27 heavy (non-hydrogen) atoms. The molecule has 3 heteroatoms. The Kier molecular flexibility index (Phi) is 4.53. The highest BCUT2D eigenvalue weighted by Gasteiger charge is 2.60. The summed E-state index contributed by atoms with van der Waals surface area (Å²) in [6, 6.07) is 21.0. The minimum absolute atomic E-state index is 0.0437. The first-order chi connectivity index (χ1) is 13.1. The third kappa shape index (κ3) is 3.37. The molecule has 3 aromatic rings. The number of aryl methyl sites for hydroxylation is 2. The molecule has 4 rings (SSSR count). The summed E-state index contributed by atoms with van der Waals surface area (Å²) in [6.45, 7) is 4.72. The molecule has 136 valence electrons. The molecule has 1 saturated carbocycles. The minimum atomic E-state index is -0.225. The van der Waals surface area contributed by atoms with Gasteiger partial charge in [-0.05, 0) is 43.0 Å². The van der Waals surface area contributed by atoms with Crippen molar-refractivity contribution in [2.45, 2.75) is 32.2 Å². The maximum Gasteiger partial charge on any atom is 0.224 e. The van der Waals surface area contributed by atoms with Crippen LogP contribution in [0.25, 0.3) is 0 Å². The molecular formula is C24H24N2O. The molecule has 0 aliphatic heterocycles. The number of benzene rings is 2. The quantitative estimate of drug-likeness (QED) is 0.740. The second-order valence-electron chi connectivity index (χ2n) is 7.55. The van der Waals surface area contributed by atoms with Crippen molar-refractivity contribution in [2.75, 3.05) is 0 Å². The molecule has 1 heterocycles. The zero-order valence-electron chi connectivity index (χ0n) is 15.8. The van der Waals surface area contributed by atoms with E-state index in [0.717, 1.165) is 12.0 Å². The van der Waals surface area contributed by atoms with Gasteiger partial charge in [0, 0.05) is 24.4 Å². The maximum absolute atomic E-state index is 13.0. The predicted octanol–water partition coefficient (Wildman–Crippen LogP) is 4.32. The van der Waals surface area contributed by atoms with Gasteiger partial charge >= 0.3 is 0 Å². The Morgan fingerprint density at radius 2 is 1.70 bits per heavy atom. The lowest BCUT2D eigenvalue weighted by molar-refractivity contribution is -0.122. The molecule has 0 unspecified atom stereocenters. The van der Waals surface area contributed by atoms with Crippen LogP contribution in [0.1, 0.15) is 34.2 Å². The topological polar surface area (TPSA) is 42.0 Å². The number of pyridine rings is 1. The number of hydrogen-bond acceptors (Lipinski definition) is 2. The zero-order chi connectivity index (χ0) is 18.9. The number of hydrogen-bond donors (Lipinski definition) is 1. The first-order valence-electron chi connectivity index (χ1n) is 9.40. The molecule has 3 nitrogen and oxygen atoms in total. The third-order valence-corrected chi connectivity index (χ3v) is 5.53. The first kappa shape index (κ1) is 17.5. The van der Waals surface area contributed by atoms with Gasteiger partial charge < -0.3 is 5.32 Å². The monoisotopic (exact) mass is 356 g/mol.